The zero-order chi connectivity index (χ0) is 15.6. The van der Waals surface area contributed by atoms with Gasteiger partial charge < -0.3 is 15.0 Å². The lowest BCUT2D eigenvalue weighted by Gasteiger charge is -2.51. The molecule has 2 N–H and O–H groups in total. The summed E-state index contributed by atoms with van der Waals surface area (Å²) < 4.78 is 0. The molecular formula is C16H26N4O2. The molecule has 2 aliphatic rings. The fourth-order valence-corrected chi connectivity index (χ4v) is 4.06. The first-order valence-corrected chi connectivity index (χ1v) is 8.20. The summed E-state index contributed by atoms with van der Waals surface area (Å²) in [4.78, 5) is 23.4. The normalized spacial score (nSPS) is 25.5. The van der Waals surface area contributed by atoms with Crippen LogP contribution in [0, 0.1) is 11.3 Å². The molecule has 0 saturated carbocycles. The third-order valence-corrected chi connectivity index (χ3v) is 5.63. The first kappa shape index (κ1) is 15.5. The fourth-order valence-electron chi connectivity index (χ4n) is 4.06. The van der Waals surface area contributed by atoms with Gasteiger partial charge in [0.15, 0.2) is 0 Å². The minimum absolute atomic E-state index is 0.128. The molecule has 122 valence electrons. The van der Waals surface area contributed by atoms with Crippen LogP contribution in [0.3, 0.4) is 0 Å². The molecule has 2 aliphatic heterocycles. The largest absolute Gasteiger partial charge is 0.396 e. The number of imidazole rings is 1. The number of aromatic amines is 1. The third-order valence-electron chi connectivity index (χ3n) is 5.63. The van der Waals surface area contributed by atoms with Crippen molar-refractivity contribution in [3.8, 4) is 0 Å². The summed E-state index contributed by atoms with van der Waals surface area (Å²) in [6.07, 6.45) is 6.88. The smallest absolute Gasteiger partial charge is 0.219 e. The molecule has 0 aromatic carbocycles. The molecule has 2 saturated heterocycles. The van der Waals surface area contributed by atoms with Crippen molar-refractivity contribution in [1.82, 2.24) is 19.8 Å². The number of aliphatic hydroxyl groups excluding tert-OH is 1. The molecule has 3 rings (SSSR count). The maximum atomic E-state index is 11.6. The minimum Gasteiger partial charge on any atom is -0.396 e. The maximum Gasteiger partial charge on any atom is 0.219 e. The summed E-state index contributed by atoms with van der Waals surface area (Å²) in [6.45, 7) is 6.30. The van der Waals surface area contributed by atoms with Crippen LogP contribution in [0.2, 0.25) is 0 Å². The Morgan fingerprint density at radius 2 is 2.14 bits per heavy atom. The molecule has 6 nitrogen and oxygen atoms in total. The molecule has 2 fully saturated rings. The number of hydrogen-bond donors (Lipinski definition) is 2. The number of aliphatic hydroxyl groups is 1. The Kier molecular flexibility index (Phi) is 4.49. The second-order valence-corrected chi connectivity index (χ2v) is 6.77. The zero-order valence-corrected chi connectivity index (χ0v) is 13.3. The molecular weight excluding hydrogens is 280 g/mol. The van der Waals surface area contributed by atoms with Gasteiger partial charge in [-0.05, 0) is 37.8 Å². The van der Waals surface area contributed by atoms with Crippen molar-refractivity contribution in [2.45, 2.75) is 32.7 Å². The summed E-state index contributed by atoms with van der Waals surface area (Å²) in [6, 6.07) is 0. The standard InChI is InChI=1S/C16H26N4O2/c1-13(22)20-9-4-16(14(10-20)12-21)2-7-19(8-3-16)11-15-17-5-6-18-15/h5-6,14,21H,2-4,7-12H2,1H3,(H,17,18). The summed E-state index contributed by atoms with van der Waals surface area (Å²) >= 11 is 0. The van der Waals surface area contributed by atoms with E-state index in [2.05, 4.69) is 14.9 Å². The van der Waals surface area contributed by atoms with E-state index in [4.69, 9.17) is 0 Å². The molecule has 1 aromatic rings. The number of nitrogens with one attached hydrogen (secondary N) is 1. The lowest BCUT2D eigenvalue weighted by Crippen LogP contribution is -2.54. The number of H-pyrrole nitrogens is 1. The zero-order valence-electron chi connectivity index (χ0n) is 13.3. The molecule has 6 heteroatoms. The Balaban J connectivity index is 1.60. The van der Waals surface area contributed by atoms with E-state index in [9.17, 15) is 9.90 Å². The van der Waals surface area contributed by atoms with Crippen LogP contribution in [0.5, 0.6) is 0 Å². The van der Waals surface area contributed by atoms with Crippen LogP contribution in [0.25, 0.3) is 0 Å². The van der Waals surface area contributed by atoms with Gasteiger partial charge >= 0.3 is 0 Å². The number of piperidine rings is 2. The topological polar surface area (TPSA) is 72.5 Å². The van der Waals surface area contributed by atoms with Crippen molar-refractivity contribution in [2.24, 2.45) is 11.3 Å². The molecule has 0 radical (unpaired) electrons. The number of hydrogen-bond acceptors (Lipinski definition) is 4. The van der Waals surface area contributed by atoms with Crippen molar-refractivity contribution in [1.29, 1.82) is 0 Å². The number of nitrogens with zero attached hydrogens (tertiary/aromatic N) is 3. The maximum absolute atomic E-state index is 11.6. The highest BCUT2D eigenvalue weighted by molar-refractivity contribution is 5.73. The minimum atomic E-state index is 0.128. The lowest BCUT2D eigenvalue weighted by molar-refractivity contribution is -0.135. The highest BCUT2D eigenvalue weighted by atomic mass is 16.3. The Labute approximate surface area is 131 Å². The van der Waals surface area contributed by atoms with Crippen LogP contribution in [0.4, 0.5) is 0 Å². The molecule has 3 heterocycles. The average Bonchev–Trinajstić information content (AvgIpc) is 3.03. The van der Waals surface area contributed by atoms with Crippen LogP contribution < -0.4 is 0 Å². The molecule has 0 aliphatic carbocycles. The molecule has 1 unspecified atom stereocenters. The number of aromatic nitrogens is 2. The van der Waals surface area contributed by atoms with Crippen molar-refractivity contribution in [3.05, 3.63) is 18.2 Å². The predicted octanol–water partition coefficient (Wildman–Crippen LogP) is 0.853. The Hall–Kier alpha value is -1.40. The van der Waals surface area contributed by atoms with Crippen molar-refractivity contribution in [3.63, 3.8) is 0 Å². The van der Waals surface area contributed by atoms with Gasteiger partial charge in [-0.25, -0.2) is 4.98 Å². The van der Waals surface area contributed by atoms with Gasteiger partial charge in [-0.1, -0.05) is 0 Å². The van der Waals surface area contributed by atoms with Crippen molar-refractivity contribution in [2.75, 3.05) is 32.8 Å². The van der Waals surface area contributed by atoms with Gasteiger partial charge in [-0.15, -0.1) is 0 Å². The highest BCUT2D eigenvalue weighted by Crippen LogP contribution is 2.45. The molecule has 1 spiro atoms. The number of rotatable bonds is 3. The van der Waals surface area contributed by atoms with E-state index >= 15 is 0 Å². The summed E-state index contributed by atoms with van der Waals surface area (Å²) in [7, 11) is 0. The van der Waals surface area contributed by atoms with E-state index in [0.717, 1.165) is 51.3 Å². The van der Waals surface area contributed by atoms with Gasteiger partial charge in [-0.3, -0.25) is 9.69 Å². The number of likely N-dealkylation sites (tertiary alicyclic amines) is 2. The van der Waals surface area contributed by atoms with E-state index in [-0.39, 0.29) is 23.8 Å². The first-order valence-electron chi connectivity index (χ1n) is 8.20. The molecule has 1 atom stereocenters. The monoisotopic (exact) mass is 306 g/mol. The SMILES string of the molecule is CC(=O)N1CCC2(CCN(Cc3ncc[nH]3)CC2)C(CO)C1. The van der Waals surface area contributed by atoms with E-state index < -0.39 is 0 Å². The number of carbonyl (C=O) groups excluding carboxylic acids is 1. The van der Waals surface area contributed by atoms with Gasteiger partial charge in [-0.2, -0.15) is 0 Å². The van der Waals surface area contributed by atoms with Gasteiger partial charge in [0.05, 0.1) is 6.54 Å². The first-order chi connectivity index (χ1) is 10.6. The number of amides is 1. The van der Waals surface area contributed by atoms with Crippen LogP contribution in [0.15, 0.2) is 12.4 Å². The summed E-state index contributed by atoms with van der Waals surface area (Å²) in [5.74, 6) is 1.36. The van der Waals surface area contributed by atoms with E-state index in [0.29, 0.717) is 6.54 Å². The van der Waals surface area contributed by atoms with Crippen LogP contribution in [0.1, 0.15) is 32.0 Å². The van der Waals surface area contributed by atoms with Crippen LogP contribution in [-0.2, 0) is 11.3 Å². The van der Waals surface area contributed by atoms with Crippen LogP contribution in [-0.4, -0.2) is 63.6 Å². The third kappa shape index (κ3) is 3.03. The quantitative estimate of drug-likeness (QED) is 0.868. The molecule has 0 bridgehead atoms. The average molecular weight is 306 g/mol. The second kappa shape index (κ2) is 6.38. The lowest BCUT2D eigenvalue weighted by atomic mass is 9.64. The van der Waals surface area contributed by atoms with E-state index in [1.165, 1.54) is 0 Å². The highest BCUT2D eigenvalue weighted by Gasteiger charge is 2.44. The van der Waals surface area contributed by atoms with Gasteiger partial charge in [0.1, 0.15) is 5.82 Å². The predicted molar refractivity (Wildman–Crippen MR) is 83.0 cm³/mol. The summed E-state index contributed by atoms with van der Waals surface area (Å²) in [5, 5.41) is 9.81. The van der Waals surface area contributed by atoms with Crippen LogP contribution >= 0.6 is 0 Å². The second-order valence-electron chi connectivity index (χ2n) is 6.77. The number of carbonyl (C=O) groups is 1. The molecule has 22 heavy (non-hydrogen) atoms. The Morgan fingerprint density at radius 1 is 1.41 bits per heavy atom. The fraction of sp³-hybridized carbons (Fsp3) is 0.750. The Bertz CT molecular complexity index is 494. The van der Waals surface area contributed by atoms with Gasteiger partial charge in [0.25, 0.3) is 0 Å². The summed E-state index contributed by atoms with van der Waals surface area (Å²) in [5.41, 5.74) is 0.209. The van der Waals surface area contributed by atoms with E-state index in [1.807, 2.05) is 11.1 Å². The van der Waals surface area contributed by atoms with Crippen molar-refractivity contribution >= 4 is 5.91 Å². The van der Waals surface area contributed by atoms with Gasteiger partial charge in [0.2, 0.25) is 5.91 Å². The van der Waals surface area contributed by atoms with Crippen molar-refractivity contribution < 1.29 is 9.90 Å². The van der Waals surface area contributed by atoms with Gasteiger partial charge in [0, 0.05) is 44.9 Å². The molecule has 1 amide bonds. The molecule has 1 aromatic heterocycles. The van der Waals surface area contributed by atoms with E-state index in [1.54, 1.807) is 13.1 Å². The Morgan fingerprint density at radius 3 is 2.73 bits per heavy atom.